The van der Waals surface area contributed by atoms with Crippen LogP contribution in [-0.2, 0) is 4.74 Å². The zero-order chi connectivity index (χ0) is 16.8. The third-order valence-electron chi connectivity index (χ3n) is 2.42. The van der Waals surface area contributed by atoms with E-state index in [-0.39, 0.29) is 11.7 Å². The molecule has 0 radical (unpaired) electrons. The van der Waals surface area contributed by atoms with E-state index in [2.05, 4.69) is 16.0 Å². The number of alkyl carbamates (subject to hydrolysis) is 1. The van der Waals surface area contributed by atoms with Crippen LogP contribution in [0, 0.1) is 6.92 Å². The number of benzene rings is 1. The van der Waals surface area contributed by atoms with Crippen molar-refractivity contribution in [3.05, 3.63) is 29.8 Å². The number of hydrogen-bond acceptors (Lipinski definition) is 3. The summed E-state index contributed by atoms with van der Waals surface area (Å²) in [4.78, 5) is 11.5. The topological polar surface area (TPSA) is 62.4 Å². The van der Waals surface area contributed by atoms with Gasteiger partial charge in [-0.15, -0.1) is 0 Å². The van der Waals surface area contributed by atoms with Gasteiger partial charge < -0.3 is 15.4 Å². The number of anilines is 1. The van der Waals surface area contributed by atoms with Gasteiger partial charge in [-0.3, -0.25) is 5.32 Å². The van der Waals surface area contributed by atoms with Crippen LogP contribution in [0.1, 0.15) is 12.5 Å². The lowest BCUT2D eigenvalue weighted by Crippen LogP contribution is -2.56. The summed E-state index contributed by atoms with van der Waals surface area (Å²) in [7, 11) is 0. The number of halogens is 3. The fraction of sp³-hybridized carbons (Fsp3) is 0.385. The van der Waals surface area contributed by atoms with Gasteiger partial charge in [0, 0.05) is 5.69 Å². The van der Waals surface area contributed by atoms with Crippen LogP contribution in [0.25, 0.3) is 0 Å². The Labute approximate surface area is 149 Å². The third-order valence-corrected chi connectivity index (χ3v) is 3.29. The second kappa shape index (κ2) is 8.62. The number of nitrogens with one attached hydrogen (secondary N) is 3. The van der Waals surface area contributed by atoms with Crippen molar-refractivity contribution in [2.45, 2.75) is 23.8 Å². The molecule has 0 saturated carbocycles. The van der Waals surface area contributed by atoms with E-state index >= 15 is 0 Å². The van der Waals surface area contributed by atoms with Gasteiger partial charge in [0.15, 0.2) is 11.3 Å². The molecule has 0 heterocycles. The van der Waals surface area contributed by atoms with Crippen molar-refractivity contribution < 1.29 is 9.53 Å². The molecule has 0 aliphatic carbocycles. The smallest absolute Gasteiger partial charge is 0.408 e. The van der Waals surface area contributed by atoms with Crippen LogP contribution in [0.2, 0.25) is 0 Å². The van der Waals surface area contributed by atoms with Crippen molar-refractivity contribution in [3.63, 3.8) is 0 Å². The third kappa shape index (κ3) is 6.87. The van der Waals surface area contributed by atoms with E-state index in [9.17, 15) is 4.79 Å². The fourth-order valence-electron chi connectivity index (χ4n) is 1.51. The van der Waals surface area contributed by atoms with Crippen molar-refractivity contribution >= 4 is 63.9 Å². The predicted octanol–water partition coefficient (Wildman–Crippen LogP) is 3.72. The highest BCUT2D eigenvalue weighted by Gasteiger charge is 2.35. The number of hydrogen-bond donors (Lipinski definition) is 3. The van der Waals surface area contributed by atoms with Crippen molar-refractivity contribution in [3.8, 4) is 0 Å². The molecule has 22 heavy (non-hydrogen) atoms. The number of rotatable bonds is 4. The highest BCUT2D eigenvalue weighted by atomic mass is 35.6. The molecule has 1 aromatic carbocycles. The van der Waals surface area contributed by atoms with E-state index in [1.807, 2.05) is 31.2 Å². The van der Waals surface area contributed by atoms with Gasteiger partial charge in [0.1, 0.15) is 0 Å². The lowest BCUT2D eigenvalue weighted by molar-refractivity contribution is 0.147. The van der Waals surface area contributed by atoms with Gasteiger partial charge >= 0.3 is 6.09 Å². The Morgan fingerprint density at radius 2 is 2.05 bits per heavy atom. The summed E-state index contributed by atoms with van der Waals surface area (Å²) in [5, 5.41) is 8.25. The molecule has 1 rings (SSSR count). The van der Waals surface area contributed by atoms with Gasteiger partial charge in [0.25, 0.3) is 0 Å². The maximum atomic E-state index is 11.5. The maximum absolute atomic E-state index is 11.5. The van der Waals surface area contributed by atoms with Gasteiger partial charge in [-0.1, -0.05) is 46.9 Å². The van der Waals surface area contributed by atoms with Crippen molar-refractivity contribution in [1.29, 1.82) is 0 Å². The fourth-order valence-corrected chi connectivity index (χ4v) is 2.07. The van der Waals surface area contributed by atoms with Crippen LogP contribution in [0.5, 0.6) is 0 Å². The Bertz CT molecular complexity index is 538. The van der Waals surface area contributed by atoms with Gasteiger partial charge in [0.2, 0.25) is 3.79 Å². The number of carbonyl (C=O) groups excluding carboxylic acids is 1. The van der Waals surface area contributed by atoms with E-state index in [4.69, 9.17) is 51.8 Å². The Kier molecular flexibility index (Phi) is 7.48. The van der Waals surface area contributed by atoms with Gasteiger partial charge in [-0.25, -0.2) is 4.79 Å². The number of amides is 1. The minimum atomic E-state index is -1.81. The highest BCUT2D eigenvalue weighted by Crippen LogP contribution is 2.29. The summed E-state index contributed by atoms with van der Waals surface area (Å²) in [6.07, 6.45) is -1.77. The molecule has 3 N–H and O–H groups in total. The molecule has 0 unspecified atom stereocenters. The average Bonchev–Trinajstić information content (AvgIpc) is 2.37. The van der Waals surface area contributed by atoms with Crippen LogP contribution >= 0.6 is 47.0 Å². The zero-order valence-corrected chi connectivity index (χ0v) is 15.0. The number of carbonyl (C=O) groups is 1. The number of alkyl halides is 3. The molecule has 1 amide bonds. The summed E-state index contributed by atoms with van der Waals surface area (Å²) in [5.74, 6) is 0. The van der Waals surface area contributed by atoms with Crippen molar-refractivity contribution in [2.24, 2.45) is 0 Å². The molecule has 1 atom stereocenters. The molecular formula is C13H16Cl3N3O2S. The van der Waals surface area contributed by atoms with Gasteiger partial charge in [-0.2, -0.15) is 0 Å². The Balaban J connectivity index is 2.68. The average molecular weight is 385 g/mol. The number of aryl methyl sites for hydroxylation is 1. The van der Waals surface area contributed by atoms with Crippen LogP contribution in [0.3, 0.4) is 0 Å². The first-order valence-electron chi connectivity index (χ1n) is 6.36. The lowest BCUT2D eigenvalue weighted by Gasteiger charge is -2.27. The molecule has 0 spiro atoms. The van der Waals surface area contributed by atoms with Gasteiger partial charge in [0.05, 0.1) is 6.61 Å². The number of ether oxygens (including phenoxy) is 1. The number of thiocarbonyl (C=S) groups is 1. The molecule has 122 valence electrons. The minimum absolute atomic E-state index is 0.193. The van der Waals surface area contributed by atoms with Crippen LogP contribution < -0.4 is 16.0 Å². The highest BCUT2D eigenvalue weighted by molar-refractivity contribution is 7.80. The second-order valence-electron chi connectivity index (χ2n) is 4.31. The molecule has 0 fully saturated rings. The van der Waals surface area contributed by atoms with E-state index in [1.54, 1.807) is 6.92 Å². The summed E-state index contributed by atoms with van der Waals surface area (Å²) >= 11 is 22.6. The monoisotopic (exact) mass is 383 g/mol. The van der Waals surface area contributed by atoms with E-state index in [0.717, 1.165) is 11.3 Å². The first-order chi connectivity index (χ1) is 10.2. The lowest BCUT2D eigenvalue weighted by atomic mass is 10.2. The summed E-state index contributed by atoms with van der Waals surface area (Å²) < 4.78 is 2.94. The molecule has 9 heteroatoms. The van der Waals surface area contributed by atoms with Crippen molar-refractivity contribution in [2.75, 3.05) is 11.9 Å². The SMILES string of the molecule is CCOC(=O)N[C@H](NC(=S)Nc1cccc(C)c1)C(Cl)(Cl)Cl. The standard InChI is InChI=1S/C13H16Cl3N3O2S/c1-3-21-12(20)19-10(13(14,15)16)18-11(22)17-9-6-4-5-8(2)7-9/h4-7,10H,3H2,1-2H3,(H,19,20)(H2,17,18,22)/t10-/m0/s1. The van der Waals surface area contributed by atoms with Gasteiger partial charge in [-0.05, 0) is 43.8 Å². The van der Waals surface area contributed by atoms with E-state index in [1.165, 1.54) is 0 Å². The molecular weight excluding hydrogens is 369 g/mol. The zero-order valence-electron chi connectivity index (χ0n) is 12.0. The minimum Gasteiger partial charge on any atom is -0.450 e. The predicted molar refractivity (Wildman–Crippen MR) is 94.8 cm³/mol. The summed E-state index contributed by atoms with van der Waals surface area (Å²) in [6.45, 7) is 3.82. The molecule has 1 aromatic rings. The molecule has 0 aliphatic rings. The second-order valence-corrected chi connectivity index (χ2v) is 7.08. The summed E-state index contributed by atoms with van der Waals surface area (Å²) in [6, 6.07) is 7.57. The van der Waals surface area contributed by atoms with E-state index in [0.29, 0.717) is 0 Å². The molecule has 5 nitrogen and oxygen atoms in total. The Morgan fingerprint density at radius 1 is 1.36 bits per heavy atom. The summed E-state index contributed by atoms with van der Waals surface area (Å²) in [5.41, 5.74) is 1.84. The Hall–Kier alpha value is -0.950. The quantitative estimate of drug-likeness (QED) is 0.419. The molecule has 0 aromatic heterocycles. The van der Waals surface area contributed by atoms with Crippen LogP contribution in [-0.4, -0.2) is 27.8 Å². The van der Waals surface area contributed by atoms with Crippen molar-refractivity contribution in [1.82, 2.24) is 10.6 Å². The Morgan fingerprint density at radius 3 is 2.59 bits per heavy atom. The molecule has 0 bridgehead atoms. The van der Waals surface area contributed by atoms with Crippen LogP contribution in [0.4, 0.5) is 10.5 Å². The molecule has 0 saturated heterocycles. The van der Waals surface area contributed by atoms with E-state index < -0.39 is 16.1 Å². The largest absolute Gasteiger partial charge is 0.450 e. The first-order valence-corrected chi connectivity index (χ1v) is 7.90. The van der Waals surface area contributed by atoms with Crippen LogP contribution in [0.15, 0.2) is 24.3 Å². The maximum Gasteiger partial charge on any atom is 0.408 e. The first kappa shape index (κ1) is 19.1. The molecule has 0 aliphatic heterocycles. The normalized spacial score (nSPS) is 12.2.